The number of thioether (sulfide) groups is 1. The summed E-state index contributed by atoms with van der Waals surface area (Å²) in [5.74, 6) is 1.11. The minimum Gasteiger partial charge on any atom is -0.310 e. The smallest absolute Gasteiger partial charge is 0.310 e. The van der Waals surface area contributed by atoms with Gasteiger partial charge in [-0.15, -0.1) is 0 Å². The van der Waals surface area contributed by atoms with Gasteiger partial charge < -0.3 is 4.90 Å². The molecule has 0 radical (unpaired) electrons. The number of imide groups is 1. The number of nitrogens with zero attached hydrogens (tertiary/aromatic N) is 4. The van der Waals surface area contributed by atoms with Crippen LogP contribution in [0.1, 0.15) is 38.7 Å². The first-order valence-corrected chi connectivity index (χ1v) is 11.7. The van der Waals surface area contributed by atoms with Crippen molar-refractivity contribution in [1.29, 1.82) is 0 Å². The van der Waals surface area contributed by atoms with Crippen LogP contribution in [0.25, 0.3) is 0 Å². The Bertz CT molecular complexity index is 676. The van der Waals surface area contributed by atoms with Crippen molar-refractivity contribution >= 4 is 23.7 Å². The number of likely N-dealkylation sites (tertiary alicyclic amines) is 1. The maximum atomic E-state index is 13.3. The van der Waals surface area contributed by atoms with Gasteiger partial charge in [0.05, 0.1) is 0 Å². The first kappa shape index (κ1) is 21.1. The van der Waals surface area contributed by atoms with Crippen molar-refractivity contribution in [2.75, 3.05) is 38.2 Å². The second kappa shape index (κ2) is 9.27. The first-order chi connectivity index (χ1) is 13.5. The molecule has 1 aromatic rings. The Kier molecular flexibility index (Phi) is 6.99. The van der Waals surface area contributed by atoms with E-state index in [1.54, 1.807) is 6.20 Å². The molecule has 2 saturated heterocycles. The summed E-state index contributed by atoms with van der Waals surface area (Å²) in [5, 5.41) is 0. The number of urea groups is 1. The lowest BCUT2D eigenvalue weighted by Gasteiger charge is -2.43. The second-order valence-electron chi connectivity index (χ2n) is 7.82. The van der Waals surface area contributed by atoms with Crippen molar-refractivity contribution in [3.05, 3.63) is 30.1 Å². The van der Waals surface area contributed by atoms with Crippen molar-refractivity contribution in [2.24, 2.45) is 0 Å². The van der Waals surface area contributed by atoms with Crippen LogP contribution in [0, 0.1) is 0 Å². The highest BCUT2D eigenvalue weighted by Crippen LogP contribution is 2.37. The van der Waals surface area contributed by atoms with Gasteiger partial charge in [-0.05, 0) is 57.4 Å². The highest BCUT2D eigenvalue weighted by atomic mass is 32.2. The van der Waals surface area contributed by atoms with E-state index < -0.39 is 5.54 Å². The zero-order valence-corrected chi connectivity index (χ0v) is 18.1. The molecule has 1 aromatic heterocycles. The van der Waals surface area contributed by atoms with Gasteiger partial charge in [0.2, 0.25) is 0 Å². The van der Waals surface area contributed by atoms with E-state index in [4.69, 9.17) is 0 Å². The van der Waals surface area contributed by atoms with Crippen molar-refractivity contribution in [2.45, 2.75) is 51.1 Å². The number of aromatic nitrogens is 1. The van der Waals surface area contributed by atoms with Crippen LogP contribution in [0.4, 0.5) is 4.79 Å². The minimum absolute atomic E-state index is 0.0164. The minimum atomic E-state index is -0.629. The highest BCUT2D eigenvalue weighted by molar-refractivity contribution is 7.98. The molecule has 0 aromatic carbocycles. The van der Waals surface area contributed by atoms with E-state index in [-0.39, 0.29) is 11.9 Å². The van der Waals surface area contributed by atoms with Crippen molar-refractivity contribution < 1.29 is 9.59 Å². The third-order valence-corrected chi connectivity index (χ3v) is 6.98. The number of rotatable bonds is 8. The van der Waals surface area contributed by atoms with Crippen LogP contribution < -0.4 is 0 Å². The van der Waals surface area contributed by atoms with Gasteiger partial charge in [0, 0.05) is 50.4 Å². The van der Waals surface area contributed by atoms with E-state index in [0.29, 0.717) is 19.1 Å². The quantitative estimate of drug-likeness (QED) is 0.624. The summed E-state index contributed by atoms with van der Waals surface area (Å²) in [6.45, 7) is 7.05. The summed E-state index contributed by atoms with van der Waals surface area (Å²) in [5.41, 5.74) is 0.509. The molecule has 2 aliphatic rings. The molecule has 2 fully saturated rings. The Balaban J connectivity index is 1.64. The fourth-order valence-corrected chi connectivity index (χ4v) is 5.26. The predicted molar refractivity (Wildman–Crippen MR) is 113 cm³/mol. The van der Waals surface area contributed by atoms with Crippen LogP contribution in [0.15, 0.2) is 24.5 Å². The Morgan fingerprint density at radius 2 is 2.04 bits per heavy atom. The van der Waals surface area contributed by atoms with E-state index in [1.807, 2.05) is 41.9 Å². The molecule has 0 unspecified atom stereocenters. The fourth-order valence-electron chi connectivity index (χ4n) is 4.57. The Morgan fingerprint density at radius 1 is 1.29 bits per heavy atom. The Labute approximate surface area is 172 Å². The molecule has 1 spiro atoms. The molecule has 0 saturated carbocycles. The van der Waals surface area contributed by atoms with Crippen molar-refractivity contribution in [1.82, 2.24) is 19.7 Å². The fraction of sp³-hybridized carbons (Fsp3) is 0.667. The normalized spacial score (nSPS) is 21.0. The average Bonchev–Trinajstić information content (AvgIpc) is 2.90. The molecule has 28 heavy (non-hydrogen) atoms. The molecule has 7 heteroatoms. The Morgan fingerprint density at radius 3 is 2.64 bits per heavy atom. The van der Waals surface area contributed by atoms with Gasteiger partial charge in [-0.3, -0.25) is 19.6 Å². The lowest BCUT2D eigenvalue weighted by Crippen LogP contribution is -2.57. The number of carbonyl (C=O) groups excluding carboxylic acids is 2. The van der Waals surface area contributed by atoms with E-state index in [0.717, 1.165) is 50.1 Å². The van der Waals surface area contributed by atoms with Crippen LogP contribution in [0.5, 0.6) is 0 Å². The van der Waals surface area contributed by atoms with Gasteiger partial charge in [-0.1, -0.05) is 6.07 Å². The van der Waals surface area contributed by atoms with Crippen LogP contribution in [0.2, 0.25) is 0 Å². The molecule has 3 heterocycles. The summed E-state index contributed by atoms with van der Waals surface area (Å²) < 4.78 is 0. The maximum absolute atomic E-state index is 13.3. The predicted octanol–water partition coefficient (Wildman–Crippen LogP) is 2.88. The molecule has 0 N–H and O–H groups in total. The Hall–Kier alpha value is -1.60. The van der Waals surface area contributed by atoms with Crippen LogP contribution in [0.3, 0.4) is 0 Å². The molecule has 0 bridgehead atoms. The third-order valence-electron chi connectivity index (χ3n) is 6.16. The summed E-state index contributed by atoms with van der Waals surface area (Å²) in [6.07, 6.45) is 8.80. The molecule has 2 aliphatic heterocycles. The second-order valence-corrected chi connectivity index (χ2v) is 8.73. The molecule has 1 atom stereocenters. The number of hydrogen-bond acceptors (Lipinski definition) is 5. The number of aryl methyl sites for hydroxylation is 1. The number of pyridine rings is 1. The van der Waals surface area contributed by atoms with Gasteiger partial charge in [0.25, 0.3) is 5.91 Å². The van der Waals surface area contributed by atoms with E-state index in [2.05, 4.69) is 23.1 Å². The van der Waals surface area contributed by atoms with E-state index >= 15 is 0 Å². The van der Waals surface area contributed by atoms with E-state index in [9.17, 15) is 9.59 Å². The molecule has 6 nitrogen and oxygen atoms in total. The first-order valence-electron chi connectivity index (χ1n) is 10.3. The van der Waals surface area contributed by atoms with Crippen molar-refractivity contribution in [3.8, 4) is 0 Å². The van der Waals surface area contributed by atoms with Gasteiger partial charge in [-0.2, -0.15) is 11.8 Å². The lowest BCUT2D eigenvalue weighted by atomic mass is 9.85. The number of carbonyl (C=O) groups is 2. The van der Waals surface area contributed by atoms with Crippen LogP contribution >= 0.6 is 11.8 Å². The number of hydrogen-bond donors (Lipinski definition) is 0. The molecule has 3 rings (SSSR count). The summed E-state index contributed by atoms with van der Waals surface area (Å²) in [6, 6.07) is 4.35. The number of amides is 3. The van der Waals surface area contributed by atoms with Gasteiger partial charge in [0.1, 0.15) is 5.54 Å². The van der Waals surface area contributed by atoms with Crippen LogP contribution in [-0.4, -0.2) is 81.4 Å². The summed E-state index contributed by atoms with van der Waals surface area (Å²) in [4.78, 5) is 36.2. The lowest BCUT2D eigenvalue weighted by molar-refractivity contribution is -0.135. The molecule has 0 aliphatic carbocycles. The third kappa shape index (κ3) is 4.06. The summed E-state index contributed by atoms with van der Waals surface area (Å²) >= 11 is 1.85. The SMILES string of the molecule is CCN1C(=O)N(CCCc2cccnc2)C(=O)C12CCN([C@H](C)CSC)CC2. The summed E-state index contributed by atoms with van der Waals surface area (Å²) in [7, 11) is 0. The van der Waals surface area contributed by atoms with Crippen molar-refractivity contribution in [3.63, 3.8) is 0 Å². The van der Waals surface area contributed by atoms with E-state index in [1.165, 1.54) is 4.90 Å². The molecular weight excluding hydrogens is 372 g/mol. The standard InChI is InChI=1S/C21H32N4O2S/c1-4-25-20(27)24(12-6-8-18-7-5-11-22-15-18)19(26)21(25)9-13-23(14-10-21)17(2)16-28-3/h5,7,11,15,17H,4,6,8-10,12-14,16H2,1-3H3/t17-/m1/s1. The zero-order valence-electron chi connectivity index (χ0n) is 17.3. The monoisotopic (exact) mass is 404 g/mol. The van der Waals surface area contributed by atoms with Gasteiger partial charge in [0.15, 0.2) is 0 Å². The largest absolute Gasteiger partial charge is 0.327 e. The number of piperidine rings is 1. The molecule has 154 valence electrons. The maximum Gasteiger partial charge on any atom is 0.327 e. The average molecular weight is 405 g/mol. The van der Waals surface area contributed by atoms with Gasteiger partial charge >= 0.3 is 6.03 Å². The highest BCUT2D eigenvalue weighted by Gasteiger charge is 2.57. The number of likely N-dealkylation sites (N-methyl/N-ethyl adjacent to an activating group) is 1. The molecular formula is C21H32N4O2S. The molecule has 3 amide bonds. The van der Waals surface area contributed by atoms with Gasteiger partial charge in [-0.25, -0.2) is 4.79 Å². The zero-order chi connectivity index (χ0) is 20.1. The topological polar surface area (TPSA) is 56.8 Å². The van der Waals surface area contributed by atoms with Crippen LogP contribution in [-0.2, 0) is 11.2 Å².